The fourth-order valence-electron chi connectivity index (χ4n) is 2.31. The van der Waals surface area contributed by atoms with Crippen LogP contribution in [0.4, 0.5) is 0 Å². The van der Waals surface area contributed by atoms with Gasteiger partial charge in [-0.2, -0.15) is 0 Å². The van der Waals surface area contributed by atoms with E-state index >= 15 is 0 Å². The molecule has 3 heterocycles. The van der Waals surface area contributed by atoms with Gasteiger partial charge in [-0.15, -0.1) is 11.3 Å². The summed E-state index contributed by atoms with van der Waals surface area (Å²) in [6.07, 6.45) is 1.58. The third kappa shape index (κ3) is 2.57. The summed E-state index contributed by atoms with van der Waals surface area (Å²) in [4.78, 5) is 22.3. The van der Waals surface area contributed by atoms with Gasteiger partial charge in [-0.1, -0.05) is 36.4 Å². The van der Waals surface area contributed by atoms with Crippen LogP contribution in [0.5, 0.6) is 0 Å². The van der Waals surface area contributed by atoms with E-state index in [-0.39, 0.29) is 23.1 Å². The maximum absolute atomic E-state index is 12.8. The quantitative estimate of drug-likeness (QED) is 0.510. The lowest BCUT2D eigenvalue weighted by Crippen LogP contribution is -2.03. The number of nitrogens with zero attached hydrogens (tertiary/aromatic N) is 2. The Balaban J connectivity index is 1.86. The molecule has 0 spiro atoms. The van der Waals surface area contributed by atoms with E-state index < -0.39 is 0 Å². The van der Waals surface area contributed by atoms with E-state index in [2.05, 4.69) is 9.97 Å². The number of hydrogen-bond donors (Lipinski definition) is 0. The summed E-state index contributed by atoms with van der Waals surface area (Å²) in [5.41, 5.74) is 0.736. The highest BCUT2D eigenvalue weighted by molar-refractivity contribution is 7.13. The Morgan fingerprint density at radius 1 is 1.04 bits per heavy atom. The predicted molar refractivity (Wildman–Crippen MR) is 89.9 cm³/mol. The molecule has 0 saturated heterocycles. The lowest BCUT2D eigenvalue weighted by Gasteiger charge is -1.97. The first-order chi connectivity index (χ1) is 11.7. The molecule has 0 bridgehead atoms. The van der Waals surface area contributed by atoms with Crippen molar-refractivity contribution in [1.82, 2.24) is 9.97 Å². The molecule has 0 saturated carbocycles. The molecule has 0 radical (unpaired) electrons. The summed E-state index contributed by atoms with van der Waals surface area (Å²) in [6.45, 7) is 1.78. The van der Waals surface area contributed by atoms with Crippen molar-refractivity contribution in [1.29, 1.82) is 0 Å². The molecular weight excluding hydrogens is 324 g/mol. The number of aryl methyl sites for hydroxylation is 1. The number of thiophene rings is 1. The zero-order chi connectivity index (χ0) is 16.5. The first kappa shape index (κ1) is 14.6. The van der Waals surface area contributed by atoms with Crippen LogP contribution < -0.4 is 0 Å². The molecule has 24 heavy (non-hydrogen) atoms. The van der Waals surface area contributed by atoms with Crippen LogP contribution in [0.3, 0.4) is 0 Å². The van der Waals surface area contributed by atoms with E-state index in [1.807, 2.05) is 35.7 Å². The monoisotopic (exact) mass is 336 g/mol. The van der Waals surface area contributed by atoms with Crippen LogP contribution in [0, 0.1) is 6.92 Å². The highest BCUT2D eigenvalue weighted by Crippen LogP contribution is 2.32. The molecule has 1 aromatic carbocycles. The number of carbonyl (C=O) groups is 1. The topological polar surface area (TPSA) is 69.1 Å². The van der Waals surface area contributed by atoms with Crippen LogP contribution in [-0.2, 0) is 0 Å². The van der Waals surface area contributed by atoms with E-state index in [1.165, 1.54) is 11.3 Å². The number of rotatable bonds is 4. The maximum atomic E-state index is 12.8. The zero-order valence-corrected chi connectivity index (χ0v) is 13.5. The molecule has 0 aliphatic rings. The molecule has 6 heteroatoms. The van der Waals surface area contributed by atoms with Gasteiger partial charge in [0.1, 0.15) is 5.76 Å². The smallest absolute Gasteiger partial charge is 0.265 e. The van der Waals surface area contributed by atoms with E-state index in [4.69, 9.17) is 8.83 Å². The van der Waals surface area contributed by atoms with Crippen molar-refractivity contribution in [3.63, 3.8) is 0 Å². The number of carbonyl (C=O) groups excluding carboxylic acids is 1. The second-order valence-corrected chi connectivity index (χ2v) is 6.09. The summed E-state index contributed by atoms with van der Waals surface area (Å²) in [6, 6.07) is 12.7. The van der Waals surface area contributed by atoms with Gasteiger partial charge < -0.3 is 8.83 Å². The third-order valence-electron chi connectivity index (χ3n) is 3.43. The minimum absolute atomic E-state index is 0.200. The van der Waals surface area contributed by atoms with Crippen molar-refractivity contribution in [2.45, 2.75) is 6.92 Å². The molecule has 4 aromatic rings. The Kier molecular flexibility index (Phi) is 3.59. The van der Waals surface area contributed by atoms with Gasteiger partial charge in [0.2, 0.25) is 17.4 Å². The first-order valence-electron chi connectivity index (χ1n) is 7.29. The van der Waals surface area contributed by atoms with Crippen molar-refractivity contribution in [2.24, 2.45) is 0 Å². The first-order valence-corrected chi connectivity index (χ1v) is 8.17. The average Bonchev–Trinajstić information content (AvgIpc) is 3.34. The summed E-state index contributed by atoms with van der Waals surface area (Å²) in [5, 5.41) is 1.92. The van der Waals surface area contributed by atoms with Crippen molar-refractivity contribution in [2.75, 3.05) is 0 Å². The second-order valence-electron chi connectivity index (χ2n) is 5.15. The normalized spacial score (nSPS) is 10.9. The van der Waals surface area contributed by atoms with E-state index in [0.29, 0.717) is 17.2 Å². The third-order valence-corrected chi connectivity index (χ3v) is 4.28. The van der Waals surface area contributed by atoms with E-state index in [0.717, 1.165) is 4.88 Å². The molecule has 5 nitrogen and oxygen atoms in total. The Morgan fingerprint density at radius 2 is 1.88 bits per heavy atom. The molecular formula is C18H12N2O3S. The lowest BCUT2D eigenvalue weighted by molar-refractivity contribution is 0.103. The van der Waals surface area contributed by atoms with Crippen LogP contribution in [-0.4, -0.2) is 15.8 Å². The maximum Gasteiger partial charge on any atom is 0.265 e. The van der Waals surface area contributed by atoms with Gasteiger partial charge in [-0.3, -0.25) is 4.79 Å². The average molecular weight is 336 g/mol. The number of benzene rings is 1. The van der Waals surface area contributed by atoms with Gasteiger partial charge in [0.25, 0.3) is 5.89 Å². The molecule has 0 fully saturated rings. The highest BCUT2D eigenvalue weighted by atomic mass is 32.1. The molecule has 118 valence electrons. The molecule has 4 rings (SSSR count). The SMILES string of the molecule is Cc1cnc(-c2oc(-c3cccs3)nc2C(=O)c2ccccc2)o1. The Morgan fingerprint density at radius 3 is 2.54 bits per heavy atom. The molecule has 0 aliphatic heterocycles. The lowest BCUT2D eigenvalue weighted by atomic mass is 10.1. The van der Waals surface area contributed by atoms with Gasteiger partial charge >= 0.3 is 0 Å². The number of ketones is 1. The fraction of sp³-hybridized carbons (Fsp3) is 0.0556. The second kappa shape index (κ2) is 5.90. The Labute approximate surface area is 141 Å². The molecule has 3 aromatic heterocycles. The largest absolute Gasteiger partial charge is 0.439 e. The van der Waals surface area contributed by atoms with Gasteiger partial charge in [-0.05, 0) is 18.4 Å². The van der Waals surface area contributed by atoms with Crippen LogP contribution >= 0.6 is 11.3 Å². The fourth-order valence-corrected chi connectivity index (χ4v) is 2.96. The van der Waals surface area contributed by atoms with Crippen molar-refractivity contribution >= 4 is 17.1 Å². The van der Waals surface area contributed by atoms with E-state index in [9.17, 15) is 4.79 Å². The molecule has 0 atom stereocenters. The van der Waals surface area contributed by atoms with Crippen LogP contribution in [0.1, 0.15) is 21.8 Å². The Bertz CT molecular complexity index is 985. The molecule has 0 unspecified atom stereocenters. The van der Waals surface area contributed by atoms with Crippen LogP contribution in [0.2, 0.25) is 0 Å². The molecule has 0 amide bonds. The minimum atomic E-state index is -0.229. The number of aromatic nitrogens is 2. The summed E-state index contributed by atoms with van der Waals surface area (Å²) >= 11 is 1.49. The highest BCUT2D eigenvalue weighted by Gasteiger charge is 2.26. The van der Waals surface area contributed by atoms with Crippen LogP contribution in [0.25, 0.3) is 22.4 Å². The van der Waals surface area contributed by atoms with Gasteiger partial charge in [-0.25, -0.2) is 9.97 Å². The van der Waals surface area contributed by atoms with Crippen molar-refractivity contribution < 1.29 is 13.6 Å². The predicted octanol–water partition coefficient (Wildman–Crippen LogP) is 4.60. The van der Waals surface area contributed by atoms with Gasteiger partial charge in [0.05, 0.1) is 11.1 Å². The number of oxazole rings is 2. The summed E-state index contributed by atoms with van der Waals surface area (Å²) in [7, 11) is 0. The summed E-state index contributed by atoms with van der Waals surface area (Å²) < 4.78 is 11.4. The zero-order valence-electron chi connectivity index (χ0n) is 12.7. The van der Waals surface area contributed by atoms with E-state index in [1.54, 1.807) is 25.3 Å². The van der Waals surface area contributed by atoms with Gasteiger partial charge in [0.15, 0.2) is 5.69 Å². The van der Waals surface area contributed by atoms with Crippen LogP contribution in [0.15, 0.2) is 62.9 Å². The Hall–Kier alpha value is -2.99. The van der Waals surface area contributed by atoms with Gasteiger partial charge in [0, 0.05) is 5.56 Å². The standard InChI is InChI=1S/C18H12N2O3S/c1-11-10-19-18(22-11)16-14(15(21)12-6-3-2-4-7-12)20-17(23-16)13-8-5-9-24-13/h2-10H,1H3. The summed E-state index contributed by atoms with van der Waals surface area (Å²) in [5.74, 6) is 1.29. The van der Waals surface area contributed by atoms with Crippen molar-refractivity contribution in [3.05, 3.63) is 71.1 Å². The molecule has 0 aliphatic carbocycles. The molecule has 0 N–H and O–H groups in total. The number of hydrogen-bond acceptors (Lipinski definition) is 6. The minimum Gasteiger partial charge on any atom is -0.439 e. The van der Waals surface area contributed by atoms with Crippen molar-refractivity contribution in [3.8, 4) is 22.4 Å².